The number of nitrogens with zero attached hydrogens (tertiary/aromatic N) is 4. The fourth-order valence-corrected chi connectivity index (χ4v) is 2.45. The van der Waals surface area contributed by atoms with Crippen LogP contribution in [0.25, 0.3) is 22.4 Å². The van der Waals surface area contributed by atoms with E-state index in [2.05, 4.69) is 30.9 Å². The van der Waals surface area contributed by atoms with Gasteiger partial charge in [0, 0.05) is 5.39 Å². The van der Waals surface area contributed by atoms with Gasteiger partial charge in [0.25, 0.3) is 11.9 Å². The SMILES string of the molecule is Cc1ccc(-c2cc(C(=O)Nc3nn[nH]n3)c3ccccc3n2)o1. The van der Waals surface area contributed by atoms with Crippen molar-refractivity contribution in [2.24, 2.45) is 0 Å². The van der Waals surface area contributed by atoms with Gasteiger partial charge in [0.15, 0.2) is 5.76 Å². The summed E-state index contributed by atoms with van der Waals surface area (Å²) < 4.78 is 5.63. The fraction of sp³-hybridized carbons (Fsp3) is 0.0625. The molecule has 0 aliphatic carbocycles. The molecule has 0 unspecified atom stereocenters. The van der Waals surface area contributed by atoms with Crippen LogP contribution in [0.4, 0.5) is 5.95 Å². The number of aromatic nitrogens is 5. The van der Waals surface area contributed by atoms with Crippen molar-refractivity contribution in [3.05, 3.63) is 53.8 Å². The highest BCUT2D eigenvalue weighted by atomic mass is 16.3. The predicted molar refractivity (Wildman–Crippen MR) is 86.3 cm³/mol. The molecular weight excluding hydrogens is 308 g/mol. The number of para-hydroxylation sites is 1. The number of nitrogens with one attached hydrogen (secondary N) is 2. The minimum absolute atomic E-state index is 0.108. The molecule has 4 aromatic rings. The largest absolute Gasteiger partial charge is 0.460 e. The molecule has 1 amide bonds. The average Bonchev–Trinajstić information content (AvgIpc) is 3.25. The van der Waals surface area contributed by atoms with Gasteiger partial charge in [0.05, 0.1) is 11.1 Å². The number of aromatic amines is 1. The Kier molecular flexibility index (Phi) is 3.27. The van der Waals surface area contributed by atoms with E-state index in [-0.39, 0.29) is 11.9 Å². The number of pyridine rings is 1. The van der Waals surface area contributed by atoms with Crippen LogP contribution in [0.5, 0.6) is 0 Å². The van der Waals surface area contributed by atoms with Gasteiger partial charge >= 0.3 is 0 Å². The molecule has 2 N–H and O–H groups in total. The zero-order valence-corrected chi connectivity index (χ0v) is 12.6. The number of H-pyrrole nitrogens is 1. The number of anilines is 1. The third-order valence-corrected chi connectivity index (χ3v) is 3.52. The maximum atomic E-state index is 12.6. The third-order valence-electron chi connectivity index (χ3n) is 3.52. The van der Waals surface area contributed by atoms with Gasteiger partial charge in [-0.1, -0.05) is 23.3 Å². The number of hydrogen-bond acceptors (Lipinski definition) is 6. The highest BCUT2D eigenvalue weighted by Gasteiger charge is 2.16. The van der Waals surface area contributed by atoms with Crippen LogP contribution in [0.2, 0.25) is 0 Å². The number of hydrogen-bond donors (Lipinski definition) is 2. The predicted octanol–water partition coefficient (Wildman–Crippen LogP) is 2.57. The summed E-state index contributed by atoms with van der Waals surface area (Å²) in [6.45, 7) is 1.86. The van der Waals surface area contributed by atoms with E-state index in [1.54, 1.807) is 6.07 Å². The molecule has 24 heavy (non-hydrogen) atoms. The lowest BCUT2D eigenvalue weighted by molar-refractivity contribution is 0.102. The molecule has 3 heterocycles. The number of tetrazole rings is 1. The molecule has 0 fully saturated rings. The van der Waals surface area contributed by atoms with E-state index in [9.17, 15) is 4.79 Å². The number of benzene rings is 1. The molecule has 0 aliphatic heterocycles. The molecular formula is C16H12N6O2. The van der Waals surface area contributed by atoms with E-state index >= 15 is 0 Å². The van der Waals surface area contributed by atoms with E-state index < -0.39 is 0 Å². The van der Waals surface area contributed by atoms with Crippen molar-refractivity contribution in [1.82, 2.24) is 25.6 Å². The Morgan fingerprint density at radius 1 is 1.21 bits per heavy atom. The third kappa shape index (κ3) is 2.50. The second-order valence-corrected chi connectivity index (χ2v) is 5.17. The number of fused-ring (bicyclic) bond motifs is 1. The van der Waals surface area contributed by atoms with Crippen LogP contribution >= 0.6 is 0 Å². The minimum Gasteiger partial charge on any atom is -0.460 e. The van der Waals surface area contributed by atoms with Crippen LogP contribution in [0, 0.1) is 6.92 Å². The molecule has 0 saturated carbocycles. The maximum absolute atomic E-state index is 12.6. The smallest absolute Gasteiger partial charge is 0.270 e. The summed E-state index contributed by atoms with van der Waals surface area (Å²) in [7, 11) is 0. The number of carbonyl (C=O) groups excluding carboxylic acids is 1. The molecule has 0 radical (unpaired) electrons. The lowest BCUT2D eigenvalue weighted by Crippen LogP contribution is -2.14. The fourth-order valence-electron chi connectivity index (χ4n) is 2.45. The standard InChI is InChI=1S/C16H12N6O2/c1-9-6-7-14(24-9)13-8-11(10-4-2-3-5-12(10)17-13)15(23)18-16-19-21-22-20-16/h2-8H,1H3,(H2,18,19,20,21,22,23). The first-order valence-corrected chi connectivity index (χ1v) is 7.22. The lowest BCUT2D eigenvalue weighted by Gasteiger charge is -2.08. The van der Waals surface area contributed by atoms with Gasteiger partial charge < -0.3 is 4.42 Å². The van der Waals surface area contributed by atoms with E-state index in [1.807, 2.05) is 43.3 Å². The van der Waals surface area contributed by atoms with Crippen molar-refractivity contribution in [2.75, 3.05) is 5.32 Å². The van der Waals surface area contributed by atoms with Crippen LogP contribution in [0.3, 0.4) is 0 Å². The van der Waals surface area contributed by atoms with E-state index in [0.29, 0.717) is 22.5 Å². The Labute approximate surface area is 135 Å². The summed E-state index contributed by atoms with van der Waals surface area (Å²) >= 11 is 0. The van der Waals surface area contributed by atoms with E-state index in [4.69, 9.17) is 4.42 Å². The zero-order chi connectivity index (χ0) is 16.5. The normalized spacial score (nSPS) is 10.9. The summed E-state index contributed by atoms with van der Waals surface area (Å²) in [4.78, 5) is 17.2. The monoisotopic (exact) mass is 320 g/mol. The van der Waals surface area contributed by atoms with Gasteiger partial charge in [-0.2, -0.15) is 5.21 Å². The molecule has 8 heteroatoms. The van der Waals surface area contributed by atoms with Gasteiger partial charge in [-0.25, -0.2) is 4.98 Å². The molecule has 0 bridgehead atoms. The van der Waals surface area contributed by atoms with E-state index in [0.717, 1.165) is 11.1 Å². The second kappa shape index (κ2) is 5.58. The van der Waals surface area contributed by atoms with Crippen LogP contribution < -0.4 is 5.32 Å². The molecule has 0 spiro atoms. The number of rotatable bonds is 3. The quantitative estimate of drug-likeness (QED) is 0.600. The van der Waals surface area contributed by atoms with Crippen molar-refractivity contribution in [3.8, 4) is 11.5 Å². The Balaban J connectivity index is 1.84. The van der Waals surface area contributed by atoms with Gasteiger partial charge in [-0.15, -0.1) is 5.10 Å². The molecule has 0 aliphatic rings. The first-order valence-electron chi connectivity index (χ1n) is 7.22. The van der Waals surface area contributed by atoms with Crippen molar-refractivity contribution < 1.29 is 9.21 Å². The van der Waals surface area contributed by atoms with Gasteiger partial charge in [0.1, 0.15) is 11.5 Å². The molecule has 0 saturated heterocycles. The van der Waals surface area contributed by atoms with Crippen molar-refractivity contribution >= 4 is 22.8 Å². The van der Waals surface area contributed by atoms with Gasteiger partial charge in [-0.3, -0.25) is 10.1 Å². The van der Waals surface area contributed by atoms with Crippen LogP contribution in [-0.4, -0.2) is 31.5 Å². The van der Waals surface area contributed by atoms with Crippen LogP contribution in [-0.2, 0) is 0 Å². The molecule has 118 valence electrons. The topological polar surface area (TPSA) is 110 Å². The number of aryl methyl sites for hydroxylation is 1. The first-order chi connectivity index (χ1) is 11.7. The maximum Gasteiger partial charge on any atom is 0.270 e. The first kappa shape index (κ1) is 14.1. The molecule has 3 aromatic heterocycles. The Bertz CT molecular complexity index is 1020. The molecule has 4 rings (SSSR count). The van der Waals surface area contributed by atoms with Gasteiger partial charge in [0.2, 0.25) is 0 Å². The number of furan rings is 1. The van der Waals surface area contributed by atoms with Gasteiger partial charge in [-0.05, 0) is 36.4 Å². The summed E-state index contributed by atoms with van der Waals surface area (Å²) in [6.07, 6.45) is 0. The molecule has 1 aromatic carbocycles. The Morgan fingerprint density at radius 3 is 2.83 bits per heavy atom. The summed E-state index contributed by atoms with van der Waals surface area (Å²) in [5.74, 6) is 1.14. The van der Waals surface area contributed by atoms with E-state index in [1.165, 1.54) is 0 Å². The summed E-state index contributed by atoms with van der Waals surface area (Å²) in [6, 6.07) is 12.8. The van der Waals surface area contributed by atoms with Crippen molar-refractivity contribution in [2.45, 2.75) is 6.92 Å². The minimum atomic E-state index is -0.348. The van der Waals surface area contributed by atoms with Crippen molar-refractivity contribution in [1.29, 1.82) is 0 Å². The average molecular weight is 320 g/mol. The Hall–Kier alpha value is -3.55. The summed E-state index contributed by atoms with van der Waals surface area (Å²) in [5.41, 5.74) is 1.73. The van der Waals surface area contributed by atoms with Crippen LogP contribution in [0.1, 0.15) is 16.1 Å². The van der Waals surface area contributed by atoms with Crippen molar-refractivity contribution in [3.63, 3.8) is 0 Å². The molecule has 8 nitrogen and oxygen atoms in total. The zero-order valence-electron chi connectivity index (χ0n) is 12.6. The highest BCUT2D eigenvalue weighted by molar-refractivity contribution is 6.12. The molecule has 0 atom stereocenters. The number of carbonyl (C=O) groups is 1. The number of amides is 1. The highest BCUT2D eigenvalue weighted by Crippen LogP contribution is 2.26. The second-order valence-electron chi connectivity index (χ2n) is 5.17. The summed E-state index contributed by atoms with van der Waals surface area (Å²) in [5, 5.41) is 16.5. The van der Waals surface area contributed by atoms with Crippen LogP contribution in [0.15, 0.2) is 46.9 Å². The Morgan fingerprint density at radius 2 is 2.08 bits per heavy atom. The lowest BCUT2D eigenvalue weighted by atomic mass is 10.1.